The molecular formula is C12H22N4O. The number of aromatic nitrogens is 2. The summed E-state index contributed by atoms with van der Waals surface area (Å²) in [5, 5.41) is 10.4. The topological polar surface area (TPSA) is 59.0 Å². The van der Waals surface area contributed by atoms with Crippen LogP contribution in [0.15, 0.2) is 0 Å². The van der Waals surface area contributed by atoms with Gasteiger partial charge in [-0.2, -0.15) is 5.10 Å². The summed E-state index contributed by atoms with van der Waals surface area (Å²) < 4.78 is 1.78. The predicted molar refractivity (Wildman–Crippen MR) is 69.1 cm³/mol. The molecule has 17 heavy (non-hydrogen) atoms. The monoisotopic (exact) mass is 238 g/mol. The third-order valence-corrected chi connectivity index (χ3v) is 2.82. The fourth-order valence-corrected chi connectivity index (χ4v) is 1.84. The molecule has 5 heteroatoms. The summed E-state index contributed by atoms with van der Waals surface area (Å²) in [5.41, 5.74) is 2.67. The molecule has 1 aromatic heterocycles. The fourth-order valence-electron chi connectivity index (χ4n) is 1.84. The molecule has 0 saturated carbocycles. The highest BCUT2D eigenvalue weighted by atomic mass is 16.1. The molecule has 0 radical (unpaired) electrons. The SMILES string of the molecule is CCNC(C)CC(=O)Nc1c(C)nn(C)c1C. The van der Waals surface area contributed by atoms with Crippen molar-refractivity contribution in [3.05, 3.63) is 11.4 Å². The summed E-state index contributed by atoms with van der Waals surface area (Å²) in [4.78, 5) is 11.8. The number of carbonyl (C=O) groups is 1. The summed E-state index contributed by atoms with van der Waals surface area (Å²) in [5.74, 6) is 0.0256. The van der Waals surface area contributed by atoms with Gasteiger partial charge in [0.1, 0.15) is 0 Å². The molecule has 5 nitrogen and oxygen atoms in total. The van der Waals surface area contributed by atoms with Crippen molar-refractivity contribution in [1.29, 1.82) is 0 Å². The average molecular weight is 238 g/mol. The fraction of sp³-hybridized carbons (Fsp3) is 0.667. The van der Waals surface area contributed by atoms with Gasteiger partial charge in [-0.3, -0.25) is 9.48 Å². The van der Waals surface area contributed by atoms with E-state index in [2.05, 4.69) is 15.7 Å². The zero-order valence-electron chi connectivity index (χ0n) is 11.3. The zero-order valence-corrected chi connectivity index (χ0v) is 11.3. The van der Waals surface area contributed by atoms with E-state index in [1.165, 1.54) is 0 Å². The van der Waals surface area contributed by atoms with Gasteiger partial charge in [0, 0.05) is 19.5 Å². The van der Waals surface area contributed by atoms with Crippen LogP contribution in [0.3, 0.4) is 0 Å². The van der Waals surface area contributed by atoms with E-state index in [1.54, 1.807) is 4.68 Å². The van der Waals surface area contributed by atoms with Gasteiger partial charge in [0.2, 0.25) is 5.91 Å². The van der Waals surface area contributed by atoms with E-state index in [-0.39, 0.29) is 11.9 Å². The quantitative estimate of drug-likeness (QED) is 0.814. The van der Waals surface area contributed by atoms with Crippen LogP contribution in [-0.4, -0.2) is 28.3 Å². The van der Waals surface area contributed by atoms with Crippen molar-refractivity contribution >= 4 is 11.6 Å². The van der Waals surface area contributed by atoms with Crippen molar-refractivity contribution in [2.45, 2.75) is 40.2 Å². The summed E-state index contributed by atoms with van der Waals surface area (Å²) in [6.45, 7) is 8.76. The van der Waals surface area contributed by atoms with E-state index in [9.17, 15) is 4.79 Å². The van der Waals surface area contributed by atoms with Gasteiger partial charge >= 0.3 is 0 Å². The van der Waals surface area contributed by atoms with Crippen LogP contribution < -0.4 is 10.6 Å². The van der Waals surface area contributed by atoms with Crippen LogP contribution in [0.4, 0.5) is 5.69 Å². The molecule has 0 fully saturated rings. The Balaban J connectivity index is 2.62. The second-order valence-electron chi connectivity index (χ2n) is 4.38. The number of nitrogens with one attached hydrogen (secondary N) is 2. The highest BCUT2D eigenvalue weighted by molar-refractivity contribution is 5.92. The molecule has 0 saturated heterocycles. The van der Waals surface area contributed by atoms with Crippen molar-refractivity contribution in [2.75, 3.05) is 11.9 Å². The van der Waals surface area contributed by atoms with E-state index in [1.807, 2.05) is 34.7 Å². The Morgan fingerprint density at radius 3 is 2.59 bits per heavy atom. The molecule has 2 N–H and O–H groups in total. The first-order valence-corrected chi connectivity index (χ1v) is 5.99. The predicted octanol–water partition coefficient (Wildman–Crippen LogP) is 1.36. The molecule has 0 aliphatic rings. The van der Waals surface area contributed by atoms with Gasteiger partial charge in [0.05, 0.1) is 17.1 Å². The molecule has 0 aromatic carbocycles. The van der Waals surface area contributed by atoms with Gasteiger partial charge in [0.15, 0.2) is 0 Å². The van der Waals surface area contributed by atoms with Crippen molar-refractivity contribution in [2.24, 2.45) is 7.05 Å². The maximum absolute atomic E-state index is 11.8. The lowest BCUT2D eigenvalue weighted by atomic mass is 10.2. The number of amides is 1. The zero-order chi connectivity index (χ0) is 13.0. The second-order valence-corrected chi connectivity index (χ2v) is 4.38. The van der Waals surface area contributed by atoms with Crippen LogP contribution in [-0.2, 0) is 11.8 Å². The van der Waals surface area contributed by atoms with Crippen LogP contribution in [0.1, 0.15) is 31.7 Å². The van der Waals surface area contributed by atoms with Crippen molar-refractivity contribution < 1.29 is 4.79 Å². The van der Waals surface area contributed by atoms with Crippen LogP contribution in [0.25, 0.3) is 0 Å². The Labute approximate surface area is 103 Å². The Morgan fingerprint density at radius 2 is 2.12 bits per heavy atom. The summed E-state index contributed by atoms with van der Waals surface area (Å²) in [6, 6.07) is 0.192. The third-order valence-electron chi connectivity index (χ3n) is 2.82. The number of rotatable bonds is 5. The normalized spacial score (nSPS) is 12.5. The lowest BCUT2D eigenvalue weighted by Gasteiger charge is -2.12. The number of nitrogens with zero attached hydrogens (tertiary/aromatic N) is 2. The first-order valence-electron chi connectivity index (χ1n) is 5.99. The summed E-state index contributed by atoms with van der Waals surface area (Å²) >= 11 is 0. The lowest BCUT2D eigenvalue weighted by molar-refractivity contribution is -0.116. The van der Waals surface area contributed by atoms with Crippen molar-refractivity contribution in [3.8, 4) is 0 Å². The maximum atomic E-state index is 11.8. The van der Waals surface area contributed by atoms with E-state index in [0.717, 1.165) is 23.6 Å². The minimum atomic E-state index is 0.0256. The highest BCUT2D eigenvalue weighted by Crippen LogP contribution is 2.18. The third kappa shape index (κ3) is 3.56. The maximum Gasteiger partial charge on any atom is 0.226 e. The molecule has 96 valence electrons. The molecular weight excluding hydrogens is 216 g/mol. The molecule has 0 aliphatic carbocycles. The number of carbonyl (C=O) groups excluding carboxylic acids is 1. The highest BCUT2D eigenvalue weighted by Gasteiger charge is 2.14. The van der Waals surface area contributed by atoms with Crippen LogP contribution in [0.2, 0.25) is 0 Å². The molecule has 1 amide bonds. The Kier molecular flexibility index (Phi) is 4.69. The van der Waals surface area contributed by atoms with Crippen LogP contribution in [0, 0.1) is 13.8 Å². The Hall–Kier alpha value is -1.36. The van der Waals surface area contributed by atoms with Gasteiger partial charge in [-0.15, -0.1) is 0 Å². The molecule has 1 heterocycles. The van der Waals surface area contributed by atoms with Gasteiger partial charge in [0.25, 0.3) is 0 Å². The van der Waals surface area contributed by atoms with Crippen molar-refractivity contribution in [3.63, 3.8) is 0 Å². The average Bonchev–Trinajstić information content (AvgIpc) is 2.45. The molecule has 1 unspecified atom stereocenters. The first-order chi connectivity index (χ1) is 7.95. The number of hydrogen-bond donors (Lipinski definition) is 2. The molecule has 0 bridgehead atoms. The molecule has 0 spiro atoms. The van der Waals surface area contributed by atoms with E-state index >= 15 is 0 Å². The van der Waals surface area contributed by atoms with Crippen LogP contribution >= 0.6 is 0 Å². The van der Waals surface area contributed by atoms with Gasteiger partial charge in [-0.1, -0.05) is 6.92 Å². The standard InChI is InChI=1S/C12H22N4O/c1-6-13-8(2)7-11(17)14-12-9(3)15-16(5)10(12)4/h8,13H,6-7H2,1-5H3,(H,14,17). The molecule has 1 rings (SSSR count). The van der Waals surface area contributed by atoms with E-state index < -0.39 is 0 Å². The smallest absolute Gasteiger partial charge is 0.226 e. The molecule has 0 aliphatic heterocycles. The lowest BCUT2D eigenvalue weighted by Crippen LogP contribution is -2.30. The van der Waals surface area contributed by atoms with Crippen molar-refractivity contribution in [1.82, 2.24) is 15.1 Å². The largest absolute Gasteiger partial charge is 0.323 e. The molecule has 1 aromatic rings. The number of anilines is 1. The Bertz CT molecular complexity index is 397. The first kappa shape index (κ1) is 13.7. The summed E-state index contributed by atoms with van der Waals surface area (Å²) in [7, 11) is 1.87. The van der Waals surface area contributed by atoms with Gasteiger partial charge in [-0.25, -0.2) is 0 Å². The molecule has 1 atom stereocenters. The van der Waals surface area contributed by atoms with E-state index in [0.29, 0.717) is 6.42 Å². The second kappa shape index (κ2) is 5.82. The number of aryl methyl sites for hydroxylation is 2. The van der Waals surface area contributed by atoms with Gasteiger partial charge < -0.3 is 10.6 Å². The minimum absolute atomic E-state index is 0.0256. The number of hydrogen-bond acceptors (Lipinski definition) is 3. The Morgan fingerprint density at radius 1 is 1.47 bits per heavy atom. The van der Waals surface area contributed by atoms with Crippen LogP contribution in [0.5, 0.6) is 0 Å². The van der Waals surface area contributed by atoms with Gasteiger partial charge in [-0.05, 0) is 27.3 Å². The summed E-state index contributed by atoms with van der Waals surface area (Å²) in [6.07, 6.45) is 0.474. The minimum Gasteiger partial charge on any atom is -0.323 e. The van der Waals surface area contributed by atoms with E-state index in [4.69, 9.17) is 0 Å².